The third kappa shape index (κ3) is 4.31. The highest BCUT2D eigenvalue weighted by Crippen LogP contribution is 2.23. The number of para-hydroxylation sites is 1. The Morgan fingerprint density at radius 1 is 1.19 bits per heavy atom. The van der Waals surface area contributed by atoms with Crippen LogP contribution < -0.4 is 5.32 Å². The first-order valence-corrected chi connectivity index (χ1v) is 9.11. The predicted molar refractivity (Wildman–Crippen MR) is 98.1 cm³/mol. The topological polar surface area (TPSA) is 73.2 Å². The van der Waals surface area contributed by atoms with Crippen LogP contribution in [-0.2, 0) is 9.53 Å². The lowest BCUT2D eigenvalue weighted by atomic mass is 9.87. The van der Waals surface area contributed by atoms with Crippen molar-refractivity contribution < 1.29 is 14.3 Å². The molecule has 26 heavy (non-hydrogen) atoms. The zero-order chi connectivity index (χ0) is 18.5. The number of hydrogen-bond acceptors (Lipinski definition) is 4. The fourth-order valence-electron chi connectivity index (χ4n) is 3.32. The summed E-state index contributed by atoms with van der Waals surface area (Å²) in [5, 5.41) is 7.21. The second-order valence-electron chi connectivity index (χ2n) is 6.99. The van der Waals surface area contributed by atoms with Crippen LogP contribution in [0, 0.1) is 12.8 Å². The van der Waals surface area contributed by atoms with E-state index in [1.165, 1.54) is 6.20 Å². The van der Waals surface area contributed by atoms with Crippen LogP contribution in [0.5, 0.6) is 0 Å². The standard InChI is InChI=1S/C20H25N3O3/c1-14-8-10-16(11-9-14)22-19(24)13-26-20(25)18-12-21-23(15(18)2)17-6-4-3-5-7-17/h3-7,12,14,16H,8-11,13H2,1-2H3,(H,22,24). The van der Waals surface area contributed by atoms with E-state index < -0.39 is 5.97 Å². The minimum Gasteiger partial charge on any atom is -0.452 e. The molecule has 6 nitrogen and oxygen atoms in total. The van der Waals surface area contributed by atoms with Gasteiger partial charge in [-0.3, -0.25) is 4.79 Å². The summed E-state index contributed by atoms with van der Waals surface area (Å²) in [6.07, 6.45) is 5.71. The normalized spacial score (nSPS) is 19.8. The van der Waals surface area contributed by atoms with Gasteiger partial charge in [-0.15, -0.1) is 0 Å². The Bertz CT molecular complexity index is 762. The maximum Gasteiger partial charge on any atom is 0.342 e. The molecule has 1 aromatic heterocycles. The Kier molecular flexibility index (Phi) is 5.71. The van der Waals surface area contributed by atoms with Gasteiger partial charge in [0, 0.05) is 6.04 Å². The van der Waals surface area contributed by atoms with Crippen molar-refractivity contribution in [2.24, 2.45) is 5.92 Å². The molecule has 0 atom stereocenters. The van der Waals surface area contributed by atoms with E-state index in [1.54, 1.807) is 11.6 Å². The van der Waals surface area contributed by atoms with E-state index in [1.807, 2.05) is 30.3 Å². The maximum absolute atomic E-state index is 12.3. The van der Waals surface area contributed by atoms with E-state index in [2.05, 4.69) is 17.3 Å². The Hall–Kier alpha value is -2.63. The van der Waals surface area contributed by atoms with Crippen molar-refractivity contribution in [1.29, 1.82) is 0 Å². The third-order valence-corrected chi connectivity index (χ3v) is 4.95. The molecule has 138 valence electrons. The van der Waals surface area contributed by atoms with Gasteiger partial charge >= 0.3 is 5.97 Å². The van der Waals surface area contributed by atoms with Crippen LogP contribution in [0.1, 0.15) is 48.7 Å². The first-order valence-electron chi connectivity index (χ1n) is 9.11. The highest BCUT2D eigenvalue weighted by molar-refractivity contribution is 5.92. The van der Waals surface area contributed by atoms with Gasteiger partial charge in [-0.2, -0.15) is 5.10 Å². The number of amides is 1. The minimum atomic E-state index is -0.530. The number of aromatic nitrogens is 2. The lowest BCUT2D eigenvalue weighted by molar-refractivity contribution is -0.125. The minimum absolute atomic E-state index is 0.194. The fraction of sp³-hybridized carbons (Fsp3) is 0.450. The Labute approximate surface area is 153 Å². The number of esters is 1. The van der Waals surface area contributed by atoms with E-state index in [4.69, 9.17) is 4.74 Å². The van der Waals surface area contributed by atoms with E-state index in [9.17, 15) is 9.59 Å². The average Bonchev–Trinajstić information content (AvgIpc) is 3.04. The van der Waals surface area contributed by atoms with Gasteiger partial charge in [0.2, 0.25) is 0 Å². The molecule has 0 bridgehead atoms. The molecule has 0 spiro atoms. The molecule has 3 rings (SSSR count). The molecule has 1 heterocycles. The van der Waals surface area contributed by atoms with Gasteiger partial charge in [0.15, 0.2) is 6.61 Å². The lowest BCUT2D eigenvalue weighted by Crippen LogP contribution is -2.39. The first-order chi connectivity index (χ1) is 12.5. The summed E-state index contributed by atoms with van der Waals surface area (Å²) in [6.45, 7) is 3.78. The second kappa shape index (κ2) is 8.17. The number of ether oxygens (including phenoxy) is 1. The Morgan fingerprint density at radius 3 is 2.58 bits per heavy atom. The van der Waals surface area contributed by atoms with Gasteiger partial charge in [-0.25, -0.2) is 9.48 Å². The molecule has 1 aliphatic carbocycles. The predicted octanol–water partition coefficient (Wildman–Crippen LogP) is 3.03. The molecule has 1 fully saturated rings. The highest BCUT2D eigenvalue weighted by atomic mass is 16.5. The van der Waals surface area contributed by atoms with E-state index in [-0.39, 0.29) is 18.6 Å². The lowest BCUT2D eigenvalue weighted by Gasteiger charge is -2.26. The van der Waals surface area contributed by atoms with E-state index >= 15 is 0 Å². The number of rotatable bonds is 5. The van der Waals surface area contributed by atoms with Crippen LogP contribution in [0.4, 0.5) is 0 Å². The molecule has 6 heteroatoms. The van der Waals surface area contributed by atoms with E-state index in [0.717, 1.165) is 37.3 Å². The van der Waals surface area contributed by atoms with Crippen molar-refractivity contribution in [3.63, 3.8) is 0 Å². The largest absolute Gasteiger partial charge is 0.452 e. The van der Waals surface area contributed by atoms with Crippen molar-refractivity contribution in [1.82, 2.24) is 15.1 Å². The van der Waals surface area contributed by atoms with Crippen LogP contribution in [0.15, 0.2) is 36.5 Å². The molecule has 0 unspecified atom stereocenters. The number of carbonyl (C=O) groups excluding carboxylic acids is 2. The Balaban J connectivity index is 1.54. The first kappa shape index (κ1) is 18.2. The summed E-state index contributed by atoms with van der Waals surface area (Å²) in [4.78, 5) is 24.3. The molecular formula is C20H25N3O3. The quantitative estimate of drug-likeness (QED) is 0.837. The smallest absolute Gasteiger partial charge is 0.342 e. The summed E-state index contributed by atoms with van der Waals surface area (Å²) < 4.78 is 6.86. The molecule has 1 aromatic carbocycles. The van der Waals surface area contributed by atoms with Gasteiger partial charge in [-0.05, 0) is 50.7 Å². The summed E-state index contributed by atoms with van der Waals surface area (Å²) >= 11 is 0. The monoisotopic (exact) mass is 355 g/mol. The highest BCUT2D eigenvalue weighted by Gasteiger charge is 2.21. The SMILES string of the molecule is Cc1c(C(=O)OCC(=O)NC2CCC(C)CC2)cnn1-c1ccccc1. The van der Waals surface area contributed by atoms with Gasteiger partial charge in [-0.1, -0.05) is 25.1 Å². The van der Waals surface area contributed by atoms with Gasteiger partial charge in [0.1, 0.15) is 5.56 Å². The molecule has 1 amide bonds. The molecule has 1 aliphatic rings. The molecule has 0 radical (unpaired) electrons. The number of nitrogens with zero attached hydrogens (tertiary/aromatic N) is 2. The van der Waals surface area contributed by atoms with Crippen LogP contribution in [0.3, 0.4) is 0 Å². The zero-order valence-electron chi connectivity index (χ0n) is 15.3. The zero-order valence-corrected chi connectivity index (χ0v) is 15.3. The van der Waals surface area contributed by atoms with Gasteiger partial charge < -0.3 is 10.1 Å². The number of benzene rings is 1. The van der Waals surface area contributed by atoms with Crippen molar-refractivity contribution in [3.8, 4) is 5.69 Å². The van der Waals surface area contributed by atoms with Crippen molar-refractivity contribution in [2.75, 3.05) is 6.61 Å². The number of carbonyl (C=O) groups is 2. The summed E-state index contributed by atoms with van der Waals surface area (Å²) in [6, 6.07) is 9.75. The van der Waals surface area contributed by atoms with E-state index in [0.29, 0.717) is 11.3 Å². The maximum atomic E-state index is 12.3. The number of nitrogens with one attached hydrogen (secondary N) is 1. The fourth-order valence-corrected chi connectivity index (χ4v) is 3.32. The summed E-state index contributed by atoms with van der Waals surface area (Å²) in [5.74, 6) is -0.0480. The van der Waals surface area contributed by atoms with Crippen molar-refractivity contribution >= 4 is 11.9 Å². The van der Waals surface area contributed by atoms with Crippen LogP contribution in [0.25, 0.3) is 5.69 Å². The molecule has 1 N–H and O–H groups in total. The van der Waals surface area contributed by atoms with Crippen molar-refractivity contribution in [2.45, 2.75) is 45.6 Å². The molecule has 2 aromatic rings. The molecular weight excluding hydrogens is 330 g/mol. The second-order valence-corrected chi connectivity index (χ2v) is 6.99. The summed E-state index contributed by atoms with van der Waals surface area (Å²) in [7, 11) is 0. The van der Waals surface area contributed by atoms with Crippen molar-refractivity contribution in [3.05, 3.63) is 47.8 Å². The third-order valence-electron chi connectivity index (χ3n) is 4.95. The molecule has 1 saturated carbocycles. The van der Waals surface area contributed by atoms with Crippen LogP contribution >= 0.6 is 0 Å². The summed E-state index contributed by atoms with van der Waals surface area (Å²) in [5.41, 5.74) is 1.92. The van der Waals surface area contributed by atoms with Crippen LogP contribution in [-0.4, -0.2) is 34.3 Å². The van der Waals surface area contributed by atoms with Crippen LogP contribution in [0.2, 0.25) is 0 Å². The average molecular weight is 355 g/mol. The molecule has 0 saturated heterocycles. The Morgan fingerprint density at radius 2 is 1.88 bits per heavy atom. The van der Waals surface area contributed by atoms with Gasteiger partial charge in [0.25, 0.3) is 5.91 Å². The number of hydrogen-bond donors (Lipinski definition) is 1. The molecule has 0 aliphatic heterocycles. The van der Waals surface area contributed by atoms with Gasteiger partial charge in [0.05, 0.1) is 17.6 Å².